The fourth-order valence-electron chi connectivity index (χ4n) is 9.90. The van der Waals surface area contributed by atoms with Gasteiger partial charge in [0, 0.05) is 32.0 Å². The van der Waals surface area contributed by atoms with E-state index in [4.69, 9.17) is 37.3 Å². The van der Waals surface area contributed by atoms with E-state index in [1.165, 1.54) is 18.9 Å². The molecule has 0 saturated carbocycles. The van der Waals surface area contributed by atoms with E-state index in [0.29, 0.717) is 11.8 Å². The van der Waals surface area contributed by atoms with Crippen LogP contribution in [0.15, 0.2) is 42.3 Å². The van der Waals surface area contributed by atoms with Crippen LogP contribution in [0.2, 0.25) is 0 Å². The molecule has 0 spiro atoms. The Balaban J connectivity index is 1.85. The summed E-state index contributed by atoms with van der Waals surface area (Å²) >= 11 is 0. The Hall–Kier alpha value is -2.79. The van der Waals surface area contributed by atoms with Gasteiger partial charge in [0.25, 0.3) is 10.1 Å². The van der Waals surface area contributed by atoms with Gasteiger partial charge in [-0.05, 0) is 93.3 Å². The molecule has 1 aromatic rings. The first kappa shape index (κ1) is 55.8. The number of hydrogen-bond acceptors (Lipinski definition) is 17. The molecule has 3 aliphatic heterocycles. The smallest absolute Gasteiger partial charge is 0.410 e. The number of aliphatic hydroxyl groups excluding tert-OH is 2. The molecule has 378 valence electrons. The first-order valence-corrected chi connectivity index (χ1v) is 24.5. The Morgan fingerprint density at radius 1 is 0.985 bits per heavy atom. The van der Waals surface area contributed by atoms with Crippen molar-refractivity contribution in [1.29, 1.82) is 0 Å². The van der Waals surface area contributed by atoms with E-state index >= 15 is 0 Å². The number of ether oxygens (including phenoxy) is 7. The van der Waals surface area contributed by atoms with Crippen molar-refractivity contribution in [3.63, 3.8) is 0 Å². The zero-order chi connectivity index (χ0) is 49.7. The van der Waals surface area contributed by atoms with Gasteiger partial charge in [-0.2, -0.15) is 8.42 Å². The molecule has 3 saturated heterocycles. The van der Waals surface area contributed by atoms with E-state index < -0.39 is 118 Å². The second-order valence-electron chi connectivity index (χ2n) is 19.6. The van der Waals surface area contributed by atoms with Gasteiger partial charge in [-0.25, -0.2) is 4.79 Å². The first-order chi connectivity index (χ1) is 30.6. The molecule has 18 atom stereocenters. The maximum absolute atomic E-state index is 14.6. The fourth-order valence-corrected chi connectivity index (χ4v) is 10.6. The number of carbonyl (C=O) groups excluding carboxylic acids is 2. The number of benzene rings is 1. The Morgan fingerprint density at radius 3 is 2.20 bits per heavy atom. The van der Waals surface area contributed by atoms with Gasteiger partial charge in [0.2, 0.25) is 0 Å². The van der Waals surface area contributed by atoms with Gasteiger partial charge < -0.3 is 63.4 Å². The quantitative estimate of drug-likeness (QED) is 0.171. The van der Waals surface area contributed by atoms with Crippen molar-refractivity contribution in [3.05, 3.63) is 47.9 Å². The van der Waals surface area contributed by atoms with Crippen LogP contribution in [-0.2, 0) is 58.9 Å². The average Bonchev–Trinajstić information content (AvgIpc) is 3.25. The Labute approximate surface area is 391 Å². The van der Waals surface area contributed by atoms with E-state index in [1.807, 2.05) is 51.0 Å². The predicted octanol–water partition coefficient (Wildman–Crippen LogP) is 4.11. The van der Waals surface area contributed by atoms with Crippen LogP contribution in [0, 0.1) is 17.8 Å². The highest BCUT2D eigenvalue weighted by molar-refractivity contribution is 7.89. The zero-order valence-electron chi connectivity index (χ0n) is 41.1. The molecule has 4 rings (SSSR count). The molecule has 19 heteroatoms. The van der Waals surface area contributed by atoms with E-state index in [2.05, 4.69) is 6.58 Å². The number of methoxy groups -OCH3 is 1. The van der Waals surface area contributed by atoms with Crippen LogP contribution in [-0.4, -0.2) is 169 Å². The van der Waals surface area contributed by atoms with Gasteiger partial charge in [-0.15, -0.1) is 0 Å². The van der Waals surface area contributed by atoms with Crippen LogP contribution in [0.5, 0.6) is 0 Å². The number of carbonyl (C=O) groups is 2. The van der Waals surface area contributed by atoms with Crippen LogP contribution in [0.3, 0.4) is 0 Å². The lowest BCUT2D eigenvalue weighted by Crippen LogP contribution is -2.61. The Bertz CT molecular complexity index is 1850. The van der Waals surface area contributed by atoms with E-state index in [9.17, 15) is 38.4 Å². The summed E-state index contributed by atoms with van der Waals surface area (Å²) in [6.45, 7) is 19.5. The first-order valence-electron chi connectivity index (χ1n) is 23.0. The summed E-state index contributed by atoms with van der Waals surface area (Å²) in [4.78, 5) is 31.8. The Morgan fingerprint density at radius 2 is 1.62 bits per heavy atom. The number of rotatable bonds is 12. The second-order valence-corrected chi connectivity index (χ2v) is 21.2. The van der Waals surface area contributed by atoms with Crippen LogP contribution < -0.4 is 0 Å². The van der Waals surface area contributed by atoms with Crippen molar-refractivity contribution in [3.8, 4) is 0 Å². The molecule has 66 heavy (non-hydrogen) atoms. The van der Waals surface area contributed by atoms with Crippen LogP contribution in [0.25, 0.3) is 0 Å². The van der Waals surface area contributed by atoms with Crippen LogP contribution in [0.1, 0.15) is 100 Å². The molecular weight excluding hydrogens is 881 g/mol. The summed E-state index contributed by atoms with van der Waals surface area (Å²) in [5.74, 6) is -3.53. The van der Waals surface area contributed by atoms with Crippen molar-refractivity contribution in [2.75, 3.05) is 27.7 Å². The number of nitrogens with zero attached hydrogens (tertiary/aromatic N) is 2. The lowest BCUT2D eigenvalue weighted by molar-refractivity contribution is -0.316. The summed E-state index contributed by atoms with van der Waals surface area (Å²) in [6, 6.07) is 7.58. The zero-order valence-corrected chi connectivity index (χ0v) is 41.9. The molecule has 4 N–H and O–H groups in total. The van der Waals surface area contributed by atoms with Gasteiger partial charge in [0.05, 0.1) is 53.0 Å². The second kappa shape index (κ2) is 22.8. The van der Waals surface area contributed by atoms with Crippen molar-refractivity contribution < 1.29 is 75.8 Å². The van der Waals surface area contributed by atoms with Crippen molar-refractivity contribution >= 4 is 22.2 Å². The van der Waals surface area contributed by atoms with E-state index in [-0.39, 0.29) is 44.6 Å². The Kier molecular flexibility index (Phi) is 19.2. The minimum absolute atomic E-state index is 0.0439. The summed E-state index contributed by atoms with van der Waals surface area (Å²) in [5, 5.41) is 49.3. The molecule has 0 aromatic heterocycles. The van der Waals surface area contributed by atoms with E-state index in [1.54, 1.807) is 60.6 Å². The van der Waals surface area contributed by atoms with Gasteiger partial charge in [0.1, 0.15) is 36.6 Å². The minimum atomic E-state index is -4.18. The maximum atomic E-state index is 14.6. The SMILES string of the molecule is C=CS(=O)(=O)O[C@H]1[C@H](C)O[C@@H](O[C@H]2[C@H](C)[C@@H](O[C@@H]3O[C@H](C)C[C@H](N(C)C)[C@H]3O)[C@](C)(O)C[C@@H](C)CN(C(=O)OCc3ccccc3)[C@H](C)[C@@H](O)[C@](C)(O)[C@@H](CC)OC(=O)[C@@H]2C)C[C@@]1(C)OC. The molecule has 1 amide bonds. The minimum Gasteiger partial charge on any atom is -0.459 e. The average molecular weight is 959 g/mol. The third-order valence-electron chi connectivity index (χ3n) is 13.8. The predicted molar refractivity (Wildman–Crippen MR) is 243 cm³/mol. The highest BCUT2D eigenvalue weighted by Crippen LogP contribution is 2.41. The van der Waals surface area contributed by atoms with Crippen molar-refractivity contribution in [2.45, 2.75) is 192 Å². The normalized spacial score (nSPS) is 41.3. The van der Waals surface area contributed by atoms with Gasteiger partial charge >= 0.3 is 12.1 Å². The number of aliphatic hydroxyl groups is 4. The summed E-state index contributed by atoms with van der Waals surface area (Å²) in [5.41, 5.74) is -4.52. The topological polar surface area (TPSA) is 230 Å². The number of amides is 1. The summed E-state index contributed by atoms with van der Waals surface area (Å²) in [7, 11) is 0.884. The van der Waals surface area contributed by atoms with Gasteiger partial charge in [-0.3, -0.25) is 8.98 Å². The number of hydrogen-bond donors (Lipinski definition) is 4. The van der Waals surface area contributed by atoms with Crippen molar-refractivity contribution in [2.24, 2.45) is 17.8 Å². The van der Waals surface area contributed by atoms with Crippen LogP contribution >= 0.6 is 0 Å². The molecule has 0 bridgehead atoms. The summed E-state index contributed by atoms with van der Waals surface area (Å²) in [6.07, 6.45) is -11.9. The largest absolute Gasteiger partial charge is 0.459 e. The fraction of sp³-hybridized carbons (Fsp3) is 0.787. The number of cyclic esters (lactones) is 1. The molecule has 0 radical (unpaired) electrons. The molecular formula is C47H78N2O16S. The molecule has 3 heterocycles. The highest BCUT2D eigenvalue weighted by Gasteiger charge is 2.54. The van der Waals surface area contributed by atoms with Crippen LogP contribution in [0.4, 0.5) is 4.79 Å². The monoisotopic (exact) mass is 959 g/mol. The third-order valence-corrected chi connectivity index (χ3v) is 14.6. The molecule has 18 nitrogen and oxygen atoms in total. The summed E-state index contributed by atoms with van der Waals surface area (Å²) < 4.78 is 74.4. The maximum Gasteiger partial charge on any atom is 0.410 e. The van der Waals surface area contributed by atoms with Gasteiger partial charge in [-0.1, -0.05) is 57.7 Å². The third kappa shape index (κ3) is 13.3. The molecule has 0 aliphatic carbocycles. The van der Waals surface area contributed by atoms with Crippen molar-refractivity contribution in [1.82, 2.24) is 9.80 Å². The molecule has 1 aromatic carbocycles. The lowest BCUT2D eigenvalue weighted by Gasteiger charge is -2.49. The molecule has 0 unspecified atom stereocenters. The lowest BCUT2D eigenvalue weighted by atomic mass is 9.77. The number of esters is 1. The van der Waals surface area contributed by atoms with Gasteiger partial charge in [0.15, 0.2) is 12.6 Å². The standard InChI is InChI=1S/C47H78N2O16S/c1-15-35-47(11,55)39(51)31(7)49(44(53)59-26-33-20-18-17-19-21-33)25-27(3)23-45(9,54)40(64-43-37(50)34(48(12)13)22-28(4)60-43)29(5)38(30(6)42(52)62-35)63-36-24-46(10,58-14)41(32(8)61-36)65-66(56,57)16-2/h16-21,27-32,34-41,43,50-51,54-55H,2,15,22-26H2,1,3-14H3/t27-,28-,29+,30-,31-,32+,34+,35-,36+,37-,38+,39-,40-,41+,43+,45-,46-,47-/m1/s1. The highest BCUT2D eigenvalue weighted by atomic mass is 32.2. The molecule has 3 aliphatic rings. The van der Waals surface area contributed by atoms with E-state index in [0.717, 1.165) is 5.56 Å². The number of likely N-dealkylation sites (N-methyl/N-ethyl adjacent to an activating group) is 1. The molecule has 3 fully saturated rings.